The molecule has 0 saturated carbocycles. The van der Waals surface area contributed by atoms with Crippen molar-refractivity contribution in [3.63, 3.8) is 0 Å². The summed E-state index contributed by atoms with van der Waals surface area (Å²) >= 11 is 7.26. The second-order valence-electron chi connectivity index (χ2n) is 2.35. The van der Waals surface area contributed by atoms with Crippen LogP contribution >= 0.6 is 22.9 Å². The van der Waals surface area contributed by atoms with Crippen LogP contribution in [0.4, 0.5) is 0 Å². The number of thiophene rings is 1. The highest BCUT2D eigenvalue weighted by Crippen LogP contribution is 2.04. The van der Waals surface area contributed by atoms with Gasteiger partial charge in [-0.1, -0.05) is 0 Å². The third kappa shape index (κ3) is 3.75. The Morgan fingerprint density at radius 2 is 2.45 bits per heavy atom. The lowest BCUT2D eigenvalue weighted by Crippen LogP contribution is -2.14. The van der Waals surface area contributed by atoms with Gasteiger partial charge < -0.3 is 5.32 Å². The minimum atomic E-state index is 0.747. The zero-order valence-electron chi connectivity index (χ0n) is 6.35. The lowest BCUT2D eigenvalue weighted by atomic mass is 10.3. The van der Waals surface area contributed by atoms with Gasteiger partial charge in [-0.2, -0.15) is 11.3 Å². The van der Waals surface area contributed by atoms with E-state index < -0.39 is 0 Å². The molecule has 0 amide bonds. The fourth-order valence-corrected chi connectivity index (χ4v) is 1.62. The normalized spacial score (nSPS) is 10.3. The van der Waals surface area contributed by atoms with Gasteiger partial charge in [0, 0.05) is 12.4 Å². The predicted octanol–water partition coefficient (Wildman–Crippen LogP) is 2.47. The molecule has 0 atom stereocenters. The summed E-state index contributed by atoms with van der Waals surface area (Å²) in [7, 11) is 0. The summed E-state index contributed by atoms with van der Waals surface area (Å²) in [5.41, 5.74) is 1.37. The van der Waals surface area contributed by atoms with Crippen molar-refractivity contribution < 1.29 is 0 Å². The first-order valence-electron chi connectivity index (χ1n) is 3.71. The molecule has 1 N–H and O–H groups in total. The largest absolute Gasteiger partial charge is 0.313 e. The van der Waals surface area contributed by atoms with Crippen LogP contribution in [0.3, 0.4) is 0 Å². The van der Waals surface area contributed by atoms with E-state index in [1.165, 1.54) is 5.56 Å². The Labute approximate surface area is 76.4 Å². The fourth-order valence-electron chi connectivity index (χ4n) is 0.818. The van der Waals surface area contributed by atoms with E-state index in [4.69, 9.17) is 11.6 Å². The van der Waals surface area contributed by atoms with E-state index in [1.54, 1.807) is 11.3 Å². The molecule has 1 aromatic rings. The smallest absolute Gasteiger partial charge is 0.0235 e. The Balaban J connectivity index is 2.04. The number of rotatable bonds is 5. The lowest BCUT2D eigenvalue weighted by molar-refractivity contribution is 0.679. The van der Waals surface area contributed by atoms with Gasteiger partial charge >= 0.3 is 0 Å². The van der Waals surface area contributed by atoms with E-state index in [1.807, 2.05) is 0 Å². The van der Waals surface area contributed by atoms with Crippen LogP contribution in [0.15, 0.2) is 16.8 Å². The summed E-state index contributed by atoms with van der Waals surface area (Å²) in [5, 5.41) is 7.57. The van der Waals surface area contributed by atoms with E-state index in [2.05, 4.69) is 22.1 Å². The van der Waals surface area contributed by atoms with E-state index in [-0.39, 0.29) is 0 Å². The number of nitrogens with one attached hydrogen (secondary N) is 1. The number of halogens is 1. The van der Waals surface area contributed by atoms with E-state index in [9.17, 15) is 0 Å². The SMILES string of the molecule is ClCCCNCc1ccsc1. The van der Waals surface area contributed by atoms with Crippen molar-refractivity contribution in [2.45, 2.75) is 13.0 Å². The molecule has 0 aliphatic heterocycles. The predicted molar refractivity (Wildman–Crippen MR) is 51.4 cm³/mol. The van der Waals surface area contributed by atoms with Crippen LogP contribution in [0.5, 0.6) is 0 Å². The van der Waals surface area contributed by atoms with Crippen molar-refractivity contribution in [3.8, 4) is 0 Å². The number of hydrogen-bond acceptors (Lipinski definition) is 2. The van der Waals surface area contributed by atoms with Crippen LogP contribution < -0.4 is 5.32 Å². The molecular weight excluding hydrogens is 178 g/mol. The Morgan fingerprint density at radius 3 is 3.09 bits per heavy atom. The summed E-state index contributed by atoms with van der Waals surface area (Å²) in [4.78, 5) is 0. The Hall–Kier alpha value is -0.0500. The molecule has 0 aliphatic rings. The molecule has 0 unspecified atom stereocenters. The van der Waals surface area contributed by atoms with Gasteiger partial charge in [0.1, 0.15) is 0 Å². The Bertz CT molecular complexity index is 174. The van der Waals surface area contributed by atoms with Gasteiger partial charge in [-0.15, -0.1) is 11.6 Å². The Kier molecular flexibility index (Phi) is 4.59. The summed E-state index contributed by atoms with van der Waals surface area (Å²) in [5.74, 6) is 0.747. The van der Waals surface area contributed by atoms with Gasteiger partial charge in [0.15, 0.2) is 0 Å². The number of hydrogen-bond donors (Lipinski definition) is 1. The van der Waals surface area contributed by atoms with Crippen molar-refractivity contribution in [3.05, 3.63) is 22.4 Å². The van der Waals surface area contributed by atoms with Gasteiger partial charge in [-0.25, -0.2) is 0 Å². The second-order valence-corrected chi connectivity index (χ2v) is 3.51. The molecule has 0 saturated heterocycles. The molecule has 0 aliphatic carbocycles. The van der Waals surface area contributed by atoms with Crippen molar-refractivity contribution in [1.82, 2.24) is 5.32 Å². The topological polar surface area (TPSA) is 12.0 Å². The maximum Gasteiger partial charge on any atom is 0.0235 e. The van der Waals surface area contributed by atoms with Gasteiger partial charge in [0.2, 0.25) is 0 Å². The zero-order valence-corrected chi connectivity index (χ0v) is 7.92. The molecule has 0 fully saturated rings. The van der Waals surface area contributed by atoms with E-state index in [0.29, 0.717) is 0 Å². The first-order chi connectivity index (χ1) is 5.43. The van der Waals surface area contributed by atoms with Crippen molar-refractivity contribution in [2.24, 2.45) is 0 Å². The third-order valence-electron chi connectivity index (χ3n) is 1.40. The van der Waals surface area contributed by atoms with Crippen molar-refractivity contribution in [2.75, 3.05) is 12.4 Å². The average Bonchev–Trinajstić information content (AvgIpc) is 2.50. The molecule has 1 aromatic heterocycles. The first-order valence-corrected chi connectivity index (χ1v) is 5.19. The highest BCUT2D eigenvalue weighted by Gasteiger charge is 1.90. The first kappa shape index (κ1) is 9.04. The molecule has 1 heterocycles. The summed E-state index contributed by atoms with van der Waals surface area (Å²) in [6.07, 6.45) is 1.05. The molecule has 1 rings (SSSR count). The number of alkyl halides is 1. The van der Waals surface area contributed by atoms with Crippen LogP contribution in [0, 0.1) is 0 Å². The molecular formula is C8H12ClNS. The average molecular weight is 190 g/mol. The zero-order chi connectivity index (χ0) is 7.94. The van der Waals surface area contributed by atoms with Crippen molar-refractivity contribution in [1.29, 1.82) is 0 Å². The third-order valence-corrected chi connectivity index (χ3v) is 2.40. The van der Waals surface area contributed by atoms with Crippen LogP contribution in [0.2, 0.25) is 0 Å². The van der Waals surface area contributed by atoms with Crippen LogP contribution in [-0.2, 0) is 6.54 Å². The molecule has 0 radical (unpaired) electrons. The molecule has 11 heavy (non-hydrogen) atoms. The maximum atomic E-state index is 5.52. The van der Waals surface area contributed by atoms with E-state index in [0.717, 1.165) is 25.4 Å². The summed E-state index contributed by atoms with van der Waals surface area (Å²) in [6.45, 7) is 1.99. The van der Waals surface area contributed by atoms with Crippen LogP contribution in [0.1, 0.15) is 12.0 Å². The fraction of sp³-hybridized carbons (Fsp3) is 0.500. The summed E-state index contributed by atoms with van der Waals surface area (Å²) < 4.78 is 0. The van der Waals surface area contributed by atoms with Crippen LogP contribution in [-0.4, -0.2) is 12.4 Å². The minimum absolute atomic E-state index is 0.747. The van der Waals surface area contributed by atoms with Gasteiger partial charge in [0.05, 0.1) is 0 Å². The maximum absolute atomic E-state index is 5.52. The van der Waals surface area contributed by atoms with Crippen molar-refractivity contribution >= 4 is 22.9 Å². The highest BCUT2D eigenvalue weighted by molar-refractivity contribution is 7.07. The van der Waals surface area contributed by atoms with E-state index >= 15 is 0 Å². The molecule has 0 spiro atoms. The summed E-state index contributed by atoms with van der Waals surface area (Å²) in [6, 6.07) is 2.14. The Morgan fingerprint density at radius 1 is 1.55 bits per heavy atom. The molecule has 1 nitrogen and oxygen atoms in total. The molecule has 0 aromatic carbocycles. The molecule has 0 bridgehead atoms. The highest BCUT2D eigenvalue weighted by atomic mass is 35.5. The minimum Gasteiger partial charge on any atom is -0.313 e. The standard InChI is InChI=1S/C8H12ClNS/c9-3-1-4-10-6-8-2-5-11-7-8/h2,5,7,10H,1,3-4,6H2. The van der Waals surface area contributed by atoms with Gasteiger partial charge in [-0.05, 0) is 35.4 Å². The molecule has 62 valence electrons. The van der Waals surface area contributed by atoms with Gasteiger partial charge in [0.25, 0.3) is 0 Å². The van der Waals surface area contributed by atoms with Gasteiger partial charge in [-0.3, -0.25) is 0 Å². The lowest BCUT2D eigenvalue weighted by Gasteiger charge is -1.99. The van der Waals surface area contributed by atoms with Crippen LogP contribution in [0.25, 0.3) is 0 Å². The molecule has 3 heteroatoms. The second kappa shape index (κ2) is 5.58. The monoisotopic (exact) mass is 189 g/mol. The quantitative estimate of drug-likeness (QED) is 0.555.